The van der Waals surface area contributed by atoms with Crippen molar-refractivity contribution in [3.8, 4) is 0 Å². The molecule has 0 N–H and O–H groups in total. The molecule has 1 unspecified atom stereocenters. The Morgan fingerprint density at radius 2 is 1.63 bits per heavy atom. The number of nitrogens with zero attached hydrogens (tertiary/aromatic N) is 2. The van der Waals surface area contributed by atoms with E-state index in [1.54, 1.807) is 19.1 Å². The van der Waals surface area contributed by atoms with Crippen molar-refractivity contribution in [2.24, 2.45) is 10.2 Å². The number of ketones is 1. The van der Waals surface area contributed by atoms with Gasteiger partial charge in [0.1, 0.15) is 6.04 Å². The van der Waals surface area contributed by atoms with Crippen molar-refractivity contribution in [2.75, 3.05) is 0 Å². The Balaban J connectivity index is 2.06. The molecule has 0 saturated heterocycles. The van der Waals surface area contributed by atoms with Crippen molar-refractivity contribution in [2.45, 2.75) is 19.9 Å². The maximum Gasteiger partial charge on any atom is 0.188 e. The molecule has 2 rings (SSSR count). The van der Waals surface area contributed by atoms with E-state index in [0.717, 1.165) is 5.69 Å². The molecule has 2 aromatic carbocycles. The molecule has 0 aliphatic carbocycles. The molecule has 3 nitrogen and oxygen atoms in total. The molecule has 0 radical (unpaired) electrons. The second-order valence-corrected chi connectivity index (χ2v) is 4.46. The first-order chi connectivity index (χ1) is 9.16. The predicted octanol–water partition coefficient (Wildman–Crippen LogP) is 4.35. The average Bonchev–Trinajstić information content (AvgIpc) is 2.46. The third-order valence-electron chi connectivity index (χ3n) is 2.82. The predicted molar refractivity (Wildman–Crippen MR) is 75.9 cm³/mol. The fourth-order valence-corrected chi connectivity index (χ4v) is 1.66. The van der Waals surface area contributed by atoms with Crippen LogP contribution in [0.15, 0.2) is 64.8 Å². The minimum Gasteiger partial charge on any atom is -0.292 e. The molecule has 0 heterocycles. The summed E-state index contributed by atoms with van der Waals surface area (Å²) >= 11 is 0. The van der Waals surface area contributed by atoms with Crippen molar-refractivity contribution < 1.29 is 4.79 Å². The normalized spacial score (nSPS) is 12.5. The molecule has 0 amide bonds. The summed E-state index contributed by atoms with van der Waals surface area (Å²) in [5.74, 6) is -0.0172. The summed E-state index contributed by atoms with van der Waals surface area (Å²) in [4.78, 5) is 12.1. The van der Waals surface area contributed by atoms with E-state index < -0.39 is 6.04 Å². The van der Waals surface area contributed by atoms with Crippen LogP contribution in [-0.2, 0) is 0 Å². The molecule has 0 bridgehead atoms. The van der Waals surface area contributed by atoms with Gasteiger partial charge in [-0.15, -0.1) is 0 Å². The van der Waals surface area contributed by atoms with Crippen LogP contribution < -0.4 is 0 Å². The summed E-state index contributed by atoms with van der Waals surface area (Å²) in [5.41, 5.74) is 2.60. The number of hydrogen-bond donors (Lipinski definition) is 0. The SMILES string of the molecule is Cc1ccc(N=NC(C)C(=O)c2ccccc2)cc1. The Hall–Kier alpha value is -2.29. The van der Waals surface area contributed by atoms with Gasteiger partial charge < -0.3 is 0 Å². The number of aryl methyl sites for hydroxylation is 1. The third kappa shape index (κ3) is 3.58. The van der Waals surface area contributed by atoms with Crippen molar-refractivity contribution in [3.63, 3.8) is 0 Å². The van der Waals surface area contributed by atoms with Crippen molar-refractivity contribution in [3.05, 3.63) is 65.7 Å². The summed E-state index contributed by atoms with van der Waals surface area (Å²) < 4.78 is 0. The van der Waals surface area contributed by atoms with Gasteiger partial charge in [-0.2, -0.15) is 10.2 Å². The molecular formula is C16H16N2O. The molecule has 1 atom stereocenters. The van der Waals surface area contributed by atoms with E-state index in [1.165, 1.54) is 5.56 Å². The summed E-state index contributed by atoms with van der Waals surface area (Å²) in [6, 6.07) is 16.4. The van der Waals surface area contributed by atoms with Gasteiger partial charge in [0.05, 0.1) is 5.69 Å². The average molecular weight is 252 g/mol. The highest BCUT2D eigenvalue weighted by Crippen LogP contribution is 2.14. The van der Waals surface area contributed by atoms with E-state index in [9.17, 15) is 4.79 Å². The zero-order valence-corrected chi connectivity index (χ0v) is 11.1. The van der Waals surface area contributed by atoms with Gasteiger partial charge in [0.25, 0.3) is 0 Å². The van der Waals surface area contributed by atoms with Crippen LogP contribution in [0.5, 0.6) is 0 Å². The highest BCUT2D eigenvalue weighted by Gasteiger charge is 2.13. The fourth-order valence-electron chi connectivity index (χ4n) is 1.66. The standard InChI is InChI=1S/C16H16N2O/c1-12-8-10-15(11-9-12)18-17-13(2)16(19)14-6-4-3-5-7-14/h3-11,13H,1-2H3. The van der Waals surface area contributed by atoms with Gasteiger partial charge in [-0.05, 0) is 26.0 Å². The number of hydrogen-bond acceptors (Lipinski definition) is 3. The van der Waals surface area contributed by atoms with Crippen LogP contribution in [0.1, 0.15) is 22.8 Å². The molecule has 2 aromatic rings. The van der Waals surface area contributed by atoms with E-state index in [0.29, 0.717) is 5.56 Å². The second kappa shape index (κ2) is 6.05. The van der Waals surface area contributed by atoms with Gasteiger partial charge in [-0.1, -0.05) is 48.0 Å². The molecule has 0 aromatic heterocycles. The third-order valence-corrected chi connectivity index (χ3v) is 2.82. The number of rotatable bonds is 4. The van der Waals surface area contributed by atoms with E-state index in [-0.39, 0.29) is 5.78 Å². The van der Waals surface area contributed by atoms with Gasteiger partial charge in [-0.3, -0.25) is 4.79 Å². The first-order valence-corrected chi connectivity index (χ1v) is 6.23. The maximum absolute atomic E-state index is 12.1. The number of carbonyl (C=O) groups is 1. The van der Waals surface area contributed by atoms with Gasteiger partial charge in [0, 0.05) is 5.56 Å². The molecule has 0 saturated carbocycles. The van der Waals surface area contributed by atoms with Gasteiger partial charge in [0.2, 0.25) is 0 Å². The van der Waals surface area contributed by atoms with Gasteiger partial charge in [-0.25, -0.2) is 0 Å². The summed E-state index contributed by atoms with van der Waals surface area (Å²) in [6.45, 7) is 3.77. The van der Waals surface area contributed by atoms with Crippen LogP contribution in [-0.4, -0.2) is 11.8 Å². The Bertz CT molecular complexity index is 573. The Labute approximate surface area is 113 Å². The largest absolute Gasteiger partial charge is 0.292 e. The van der Waals surface area contributed by atoms with Crippen molar-refractivity contribution >= 4 is 11.5 Å². The van der Waals surface area contributed by atoms with Crippen molar-refractivity contribution in [1.29, 1.82) is 0 Å². The van der Waals surface area contributed by atoms with E-state index in [4.69, 9.17) is 0 Å². The van der Waals surface area contributed by atoms with E-state index in [2.05, 4.69) is 10.2 Å². The summed E-state index contributed by atoms with van der Waals surface area (Å²) in [5, 5.41) is 8.17. The fraction of sp³-hybridized carbons (Fsp3) is 0.188. The van der Waals surface area contributed by atoms with Crippen LogP contribution in [0.2, 0.25) is 0 Å². The number of azo groups is 1. The molecule has 3 heteroatoms. The van der Waals surface area contributed by atoms with Crippen molar-refractivity contribution in [1.82, 2.24) is 0 Å². The highest BCUT2D eigenvalue weighted by molar-refractivity contribution is 5.99. The quantitative estimate of drug-likeness (QED) is 0.589. The Morgan fingerprint density at radius 3 is 2.26 bits per heavy atom. The lowest BCUT2D eigenvalue weighted by Gasteiger charge is -2.03. The molecular weight excluding hydrogens is 236 g/mol. The number of Topliss-reactive ketones (excluding diaryl/α,β-unsaturated/α-hetero) is 1. The number of benzene rings is 2. The van der Waals surface area contributed by atoms with Gasteiger partial charge >= 0.3 is 0 Å². The van der Waals surface area contributed by atoms with Crippen LogP contribution in [0.3, 0.4) is 0 Å². The maximum atomic E-state index is 12.1. The Morgan fingerprint density at radius 1 is 1.00 bits per heavy atom. The zero-order chi connectivity index (χ0) is 13.7. The molecule has 0 spiro atoms. The van der Waals surface area contributed by atoms with Gasteiger partial charge in [0.15, 0.2) is 5.78 Å². The minimum absolute atomic E-state index is 0.0172. The van der Waals surface area contributed by atoms with Crippen LogP contribution in [0.4, 0.5) is 5.69 Å². The lowest BCUT2D eigenvalue weighted by atomic mass is 10.1. The topological polar surface area (TPSA) is 41.8 Å². The lowest BCUT2D eigenvalue weighted by Crippen LogP contribution is -2.13. The zero-order valence-electron chi connectivity index (χ0n) is 11.1. The minimum atomic E-state index is -0.469. The molecule has 19 heavy (non-hydrogen) atoms. The monoisotopic (exact) mass is 252 g/mol. The van der Waals surface area contributed by atoms with Crippen LogP contribution in [0.25, 0.3) is 0 Å². The first-order valence-electron chi connectivity index (χ1n) is 6.23. The summed E-state index contributed by atoms with van der Waals surface area (Å²) in [6.07, 6.45) is 0. The first kappa shape index (κ1) is 13.1. The smallest absolute Gasteiger partial charge is 0.188 e. The number of carbonyl (C=O) groups excluding carboxylic acids is 1. The van der Waals surface area contributed by atoms with Crippen LogP contribution in [0, 0.1) is 6.92 Å². The molecule has 0 fully saturated rings. The second-order valence-electron chi connectivity index (χ2n) is 4.46. The van der Waals surface area contributed by atoms with Crippen LogP contribution >= 0.6 is 0 Å². The summed E-state index contributed by atoms with van der Waals surface area (Å²) in [7, 11) is 0. The van der Waals surface area contributed by atoms with E-state index in [1.807, 2.05) is 49.4 Å². The lowest BCUT2D eigenvalue weighted by molar-refractivity contribution is 0.0966. The Kier molecular flexibility index (Phi) is 4.18. The van der Waals surface area contributed by atoms with E-state index >= 15 is 0 Å². The molecule has 96 valence electrons. The molecule has 0 aliphatic rings. The molecule has 0 aliphatic heterocycles. The highest BCUT2D eigenvalue weighted by atomic mass is 16.1.